The van der Waals surface area contributed by atoms with Crippen LogP contribution in [0, 0.1) is 0 Å². The fraction of sp³-hybridized carbons (Fsp3) is 0.0833. The summed E-state index contributed by atoms with van der Waals surface area (Å²) in [5, 5.41) is 17.4. The van der Waals surface area contributed by atoms with E-state index in [1.807, 2.05) is 12.1 Å². The number of thioether (sulfide) groups is 1. The lowest BCUT2D eigenvalue weighted by atomic mass is 10.2. The molecule has 0 saturated carbocycles. The molecule has 19 heavy (non-hydrogen) atoms. The molecular weight excluding hydrogens is 284 g/mol. The minimum Gasteiger partial charge on any atom is -0.475 e. The molecule has 0 amide bonds. The van der Waals surface area contributed by atoms with Gasteiger partial charge in [0.1, 0.15) is 11.1 Å². The summed E-state index contributed by atoms with van der Waals surface area (Å²) in [6.45, 7) is 0. The van der Waals surface area contributed by atoms with Crippen molar-refractivity contribution in [2.45, 2.75) is 10.1 Å². The Morgan fingerprint density at radius 1 is 1.42 bits per heavy atom. The Bertz CT molecular complexity index is 722. The number of fused-ring (bicyclic) bond motifs is 1. The van der Waals surface area contributed by atoms with Crippen LogP contribution in [0.25, 0.3) is 11.0 Å². The summed E-state index contributed by atoms with van der Waals surface area (Å²) in [5.41, 5.74) is 3.37. The van der Waals surface area contributed by atoms with Crippen molar-refractivity contribution in [1.29, 1.82) is 0 Å². The van der Waals surface area contributed by atoms with E-state index >= 15 is 0 Å². The van der Waals surface area contributed by atoms with E-state index in [-0.39, 0.29) is 5.76 Å². The molecule has 5 nitrogen and oxygen atoms in total. The number of rotatable bonds is 4. The highest BCUT2D eigenvalue weighted by Crippen LogP contribution is 2.26. The van der Waals surface area contributed by atoms with Crippen molar-refractivity contribution in [2.24, 2.45) is 0 Å². The van der Waals surface area contributed by atoms with Crippen LogP contribution in [0.4, 0.5) is 0 Å². The fourth-order valence-electron chi connectivity index (χ4n) is 1.66. The third kappa shape index (κ3) is 2.61. The van der Waals surface area contributed by atoms with E-state index in [1.54, 1.807) is 23.3 Å². The zero-order chi connectivity index (χ0) is 13.2. The molecule has 3 rings (SSSR count). The van der Waals surface area contributed by atoms with Crippen LogP contribution in [0.3, 0.4) is 0 Å². The molecule has 0 saturated heterocycles. The lowest BCUT2D eigenvalue weighted by Gasteiger charge is -1.98. The molecule has 0 radical (unpaired) electrons. The van der Waals surface area contributed by atoms with Gasteiger partial charge in [-0.2, -0.15) is 0 Å². The smallest absolute Gasteiger partial charge is 0.371 e. The highest BCUT2D eigenvalue weighted by atomic mass is 32.2. The minimum atomic E-state index is -1.05. The Kier molecular flexibility index (Phi) is 3.22. The maximum absolute atomic E-state index is 10.8. The molecule has 2 heterocycles. The molecule has 0 bridgehead atoms. The van der Waals surface area contributed by atoms with Gasteiger partial charge in [0.25, 0.3) is 0 Å². The van der Waals surface area contributed by atoms with Gasteiger partial charge in [0.15, 0.2) is 4.34 Å². The standard InChI is InChI=1S/C12H8N2O3S2/c15-11(16)10-4-8-3-7(1-2-9(8)17-10)5-18-12-14-13-6-19-12/h1-4,6H,5H2,(H,15,16). The van der Waals surface area contributed by atoms with Crippen LogP contribution in [0.15, 0.2) is 38.5 Å². The van der Waals surface area contributed by atoms with Crippen LogP contribution in [-0.4, -0.2) is 21.3 Å². The second-order valence-electron chi connectivity index (χ2n) is 3.78. The predicted molar refractivity (Wildman–Crippen MR) is 72.6 cm³/mol. The van der Waals surface area contributed by atoms with Crippen molar-refractivity contribution in [1.82, 2.24) is 10.2 Å². The molecule has 0 aliphatic rings. The van der Waals surface area contributed by atoms with E-state index in [0.29, 0.717) is 5.58 Å². The van der Waals surface area contributed by atoms with Crippen LogP contribution < -0.4 is 0 Å². The Labute approximate surface area is 116 Å². The number of furan rings is 1. The summed E-state index contributed by atoms with van der Waals surface area (Å²) in [7, 11) is 0. The second kappa shape index (κ2) is 5.02. The number of benzene rings is 1. The van der Waals surface area contributed by atoms with Crippen LogP contribution in [0.5, 0.6) is 0 Å². The molecule has 0 aliphatic heterocycles. The normalized spacial score (nSPS) is 10.9. The maximum Gasteiger partial charge on any atom is 0.371 e. The summed E-state index contributed by atoms with van der Waals surface area (Å²) >= 11 is 3.10. The van der Waals surface area contributed by atoms with Gasteiger partial charge < -0.3 is 9.52 Å². The van der Waals surface area contributed by atoms with E-state index < -0.39 is 5.97 Å². The molecular formula is C12H8N2O3S2. The SMILES string of the molecule is O=C(O)c1cc2cc(CSc3nncs3)ccc2o1. The van der Waals surface area contributed by atoms with E-state index in [1.165, 1.54) is 17.4 Å². The topological polar surface area (TPSA) is 76.2 Å². The van der Waals surface area contributed by atoms with E-state index in [9.17, 15) is 4.79 Å². The predicted octanol–water partition coefficient (Wildman–Crippen LogP) is 3.27. The molecule has 3 aromatic rings. The molecule has 0 spiro atoms. The number of aromatic nitrogens is 2. The Morgan fingerprint density at radius 2 is 2.32 bits per heavy atom. The highest BCUT2D eigenvalue weighted by molar-refractivity contribution is 8.00. The van der Waals surface area contributed by atoms with Gasteiger partial charge in [-0.05, 0) is 23.8 Å². The molecule has 2 aromatic heterocycles. The molecule has 1 N–H and O–H groups in total. The van der Waals surface area contributed by atoms with E-state index in [0.717, 1.165) is 21.0 Å². The number of hydrogen-bond donors (Lipinski definition) is 1. The first-order valence-electron chi connectivity index (χ1n) is 5.37. The molecule has 96 valence electrons. The van der Waals surface area contributed by atoms with E-state index in [2.05, 4.69) is 10.2 Å². The van der Waals surface area contributed by atoms with Crippen molar-refractivity contribution in [3.63, 3.8) is 0 Å². The van der Waals surface area contributed by atoms with Gasteiger partial charge in [0, 0.05) is 11.1 Å². The second-order valence-corrected chi connectivity index (χ2v) is 5.84. The number of hydrogen-bond acceptors (Lipinski definition) is 6. The number of carbonyl (C=O) groups is 1. The Balaban J connectivity index is 1.82. The van der Waals surface area contributed by atoms with Crippen LogP contribution in [0.1, 0.15) is 16.1 Å². The first-order valence-corrected chi connectivity index (χ1v) is 7.23. The summed E-state index contributed by atoms with van der Waals surface area (Å²) in [5.74, 6) is -0.330. The average molecular weight is 292 g/mol. The fourth-order valence-corrected chi connectivity index (χ4v) is 3.09. The van der Waals surface area contributed by atoms with Crippen molar-refractivity contribution in [2.75, 3.05) is 0 Å². The third-order valence-corrected chi connectivity index (χ3v) is 4.43. The van der Waals surface area contributed by atoms with Crippen molar-refractivity contribution < 1.29 is 14.3 Å². The lowest BCUT2D eigenvalue weighted by molar-refractivity contribution is 0.0665. The summed E-state index contributed by atoms with van der Waals surface area (Å²) < 4.78 is 6.12. The summed E-state index contributed by atoms with van der Waals surface area (Å²) in [4.78, 5) is 10.8. The van der Waals surface area contributed by atoms with Crippen LogP contribution >= 0.6 is 23.1 Å². The third-order valence-electron chi connectivity index (χ3n) is 2.49. The zero-order valence-corrected chi connectivity index (χ0v) is 11.2. The summed E-state index contributed by atoms with van der Waals surface area (Å²) in [6.07, 6.45) is 0. The van der Waals surface area contributed by atoms with Gasteiger partial charge in [-0.15, -0.1) is 10.2 Å². The largest absolute Gasteiger partial charge is 0.475 e. The van der Waals surface area contributed by atoms with Gasteiger partial charge in [-0.25, -0.2) is 4.79 Å². The quantitative estimate of drug-likeness (QED) is 0.744. The first kappa shape index (κ1) is 12.2. The Morgan fingerprint density at radius 3 is 3.05 bits per heavy atom. The number of carboxylic acid groups (broad SMARTS) is 1. The Hall–Kier alpha value is -1.86. The number of nitrogens with zero attached hydrogens (tertiary/aromatic N) is 2. The van der Waals surface area contributed by atoms with Gasteiger partial charge in [0.05, 0.1) is 0 Å². The molecule has 1 aromatic carbocycles. The van der Waals surface area contributed by atoms with E-state index in [4.69, 9.17) is 9.52 Å². The van der Waals surface area contributed by atoms with Crippen molar-refractivity contribution >= 4 is 40.0 Å². The lowest BCUT2D eigenvalue weighted by Crippen LogP contribution is -1.91. The maximum atomic E-state index is 10.8. The highest BCUT2D eigenvalue weighted by Gasteiger charge is 2.10. The van der Waals surface area contributed by atoms with Crippen LogP contribution in [0.2, 0.25) is 0 Å². The summed E-state index contributed by atoms with van der Waals surface area (Å²) in [6, 6.07) is 7.18. The molecule has 0 atom stereocenters. The number of carboxylic acids is 1. The van der Waals surface area contributed by atoms with Gasteiger partial charge >= 0.3 is 5.97 Å². The van der Waals surface area contributed by atoms with Gasteiger partial charge in [-0.1, -0.05) is 29.2 Å². The molecule has 0 aliphatic carbocycles. The average Bonchev–Trinajstić information content (AvgIpc) is 3.04. The zero-order valence-electron chi connectivity index (χ0n) is 9.57. The van der Waals surface area contributed by atoms with Gasteiger partial charge in [-0.3, -0.25) is 0 Å². The molecule has 0 unspecified atom stereocenters. The van der Waals surface area contributed by atoms with Gasteiger partial charge in [0.2, 0.25) is 5.76 Å². The van der Waals surface area contributed by atoms with Crippen molar-refractivity contribution in [3.8, 4) is 0 Å². The number of aromatic carboxylic acids is 1. The van der Waals surface area contributed by atoms with Crippen LogP contribution in [-0.2, 0) is 5.75 Å². The molecule has 0 fully saturated rings. The van der Waals surface area contributed by atoms with Crippen molar-refractivity contribution in [3.05, 3.63) is 41.1 Å². The monoisotopic (exact) mass is 292 g/mol. The molecule has 7 heteroatoms. The minimum absolute atomic E-state index is 0.0380. The first-order chi connectivity index (χ1) is 9.22.